The first-order chi connectivity index (χ1) is 34.5. The van der Waals surface area contributed by atoms with Crippen LogP contribution in [0.15, 0.2) is 144 Å². The molecule has 0 aliphatic carbocycles. The van der Waals surface area contributed by atoms with Crippen LogP contribution in [0.5, 0.6) is 11.5 Å². The van der Waals surface area contributed by atoms with Crippen molar-refractivity contribution in [2.75, 3.05) is 19.5 Å². The Kier molecular flexibility index (Phi) is 16.4. The number of methoxy groups -OCH3 is 2. The Morgan fingerprint density at radius 3 is 2.06 bits per heavy atom. The maximum atomic E-state index is 14.6. The first-order valence-electron chi connectivity index (χ1n) is 23.5. The van der Waals surface area contributed by atoms with E-state index in [1.54, 1.807) is 56.7 Å². The van der Waals surface area contributed by atoms with Crippen LogP contribution in [0.4, 0.5) is 5.82 Å². The number of ether oxygens (including phenoxy) is 3. The third-order valence-electron chi connectivity index (χ3n) is 13.2. The minimum absolute atomic E-state index is 0.0572. The maximum absolute atomic E-state index is 14.6. The lowest BCUT2D eigenvalue weighted by molar-refractivity contribution is -0.178. The van der Waals surface area contributed by atoms with Crippen LogP contribution in [0.2, 0.25) is 0 Å². The molecule has 8 rings (SSSR count). The van der Waals surface area contributed by atoms with Gasteiger partial charge in [-0.05, 0) is 77.1 Å². The standard InChI is InChI=1S/C54H57N6O10P/c1-4-5-6-9-17-36(33-55)32-37-18-14-21-43-45(37)51(63)60(50(43)62)69-48-46(61)47(68-52(48)59-31-30-44(58-53(59)64)57-34-35-15-10-7-11-16-35)49(70-71(56)65)54(38-19-12-8-13-20-38,39-22-26-41(66-2)27-23-39)40-24-28-42(67-3)29-25-40/h7-8,10-16,18-31,36,46-49,52,61,65H,4-6,9,17,32,34,56H2,1-3H3,(H,57,58,64)/t36?,46-,47+,48-,49?,52-,71?/m1/s1. The molecule has 6 aromatic rings. The Bertz CT molecular complexity index is 2820. The number of benzene rings is 5. The van der Waals surface area contributed by atoms with Gasteiger partial charge in [-0.3, -0.25) is 24.5 Å². The highest BCUT2D eigenvalue weighted by atomic mass is 31.2. The van der Waals surface area contributed by atoms with Crippen molar-refractivity contribution in [1.29, 1.82) is 5.26 Å². The average Bonchev–Trinajstić information content (AvgIpc) is 3.85. The summed E-state index contributed by atoms with van der Waals surface area (Å²) in [5.74, 6) is -0.698. The molecule has 2 aliphatic rings. The highest BCUT2D eigenvalue weighted by Gasteiger charge is 2.59. The zero-order chi connectivity index (χ0) is 50.1. The number of amides is 2. The van der Waals surface area contributed by atoms with Crippen LogP contribution in [0.3, 0.4) is 0 Å². The number of nitriles is 1. The van der Waals surface area contributed by atoms with Crippen LogP contribution in [0, 0.1) is 17.2 Å². The van der Waals surface area contributed by atoms with Gasteiger partial charge >= 0.3 is 5.69 Å². The fourth-order valence-corrected chi connectivity index (χ4v) is 10.2. The number of aliphatic hydroxyl groups is 1. The summed E-state index contributed by atoms with van der Waals surface area (Å²) in [7, 11) is 0.351. The molecule has 1 aromatic heterocycles. The molecule has 0 saturated carbocycles. The van der Waals surface area contributed by atoms with Crippen LogP contribution in [0.25, 0.3) is 0 Å². The quantitative estimate of drug-likeness (QED) is 0.0219. The molecule has 368 valence electrons. The third-order valence-corrected chi connectivity index (χ3v) is 13.6. The number of carbonyl (C=O) groups is 2. The Morgan fingerprint density at radius 1 is 0.831 bits per heavy atom. The fraction of sp³-hybridized carbons (Fsp3) is 0.315. The van der Waals surface area contributed by atoms with E-state index >= 15 is 0 Å². The summed E-state index contributed by atoms with van der Waals surface area (Å²) >= 11 is 0. The van der Waals surface area contributed by atoms with Crippen molar-refractivity contribution < 1.29 is 43.2 Å². The average molecular weight is 981 g/mol. The van der Waals surface area contributed by atoms with Crippen molar-refractivity contribution in [3.63, 3.8) is 0 Å². The molecule has 5 N–H and O–H groups in total. The number of nitrogens with zero attached hydrogens (tertiary/aromatic N) is 4. The molecule has 0 radical (unpaired) electrons. The van der Waals surface area contributed by atoms with Gasteiger partial charge in [-0.1, -0.05) is 130 Å². The third kappa shape index (κ3) is 10.6. The number of aliphatic hydroxyl groups excluding tert-OH is 1. The van der Waals surface area contributed by atoms with Crippen molar-refractivity contribution >= 4 is 26.2 Å². The van der Waals surface area contributed by atoms with E-state index in [2.05, 4.69) is 23.3 Å². The first kappa shape index (κ1) is 50.6. The van der Waals surface area contributed by atoms with Gasteiger partial charge in [0.15, 0.2) is 12.3 Å². The van der Waals surface area contributed by atoms with Gasteiger partial charge in [0, 0.05) is 12.7 Å². The summed E-state index contributed by atoms with van der Waals surface area (Å²) < 4.78 is 25.6. The van der Waals surface area contributed by atoms with Gasteiger partial charge in [0.1, 0.15) is 35.6 Å². The van der Waals surface area contributed by atoms with Gasteiger partial charge in [-0.15, -0.1) is 5.06 Å². The number of nitrogens with two attached hydrogens (primary N) is 1. The van der Waals surface area contributed by atoms with E-state index in [4.69, 9.17) is 29.1 Å². The number of fused-ring (bicyclic) bond motifs is 1. The van der Waals surface area contributed by atoms with Crippen LogP contribution in [0.1, 0.15) is 93.8 Å². The number of hydrogen-bond donors (Lipinski definition) is 4. The molecular weight excluding hydrogens is 924 g/mol. The molecular formula is C54H57N6O10P. The lowest BCUT2D eigenvalue weighted by Gasteiger charge is -2.45. The monoisotopic (exact) mass is 980 g/mol. The number of imide groups is 1. The number of rotatable bonds is 22. The number of hydrogen-bond acceptors (Lipinski definition) is 14. The number of unbranched alkanes of at least 4 members (excludes halogenated alkanes) is 3. The van der Waals surface area contributed by atoms with Gasteiger partial charge in [0.25, 0.3) is 20.3 Å². The topological polar surface area (TPSA) is 221 Å². The van der Waals surface area contributed by atoms with Crippen molar-refractivity contribution in [2.45, 2.75) is 88.1 Å². The number of aromatic nitrogens is 2. The smallest absolute Gasteiger partial charge is 0.351 e. The predicted molar refractivity (Wildman–Crippen MR) is 266 cm³/mol. The van der Waals surface area contributed by atoms with Gasteiger partial charge in [-0.25, -0.2) is 4.79 Å². The molecule has 16 nitrogen and oxygen atoms in total. The Balaban J connectivity index is 1.24. The number of carbonyl (C=O) groups excluding carboxylic acids is 2. The first-order valence-corrected chi connectivity index (χ1v) is 24.8. The minimum Gasteiger partial charge on any atom is -0.497 e. The van der Waals surface area contributed by atoms with Gasteiger partial charge in [0.05, 0.1) is 42.7 Å². The zero-order valence-corrected chi connectivity index (χ0v) is 40.6. The van der Waals surface area contributed by atoms with Crippen LogP contribution in [-0.4, -0.2) is 75.1 Å². The van der Waals surface area contributed by atoms with Crippen LogP contribution in [-0.2, 0) is 32.5 Å². The van der Waals surface area contributed by atoms with Crippen molar-refractivity contribution in [3.05, 3.63) is 189 Å². The predicted octanol–water partition coefficient (Wildman–Crippen LogP) is 7.98. The molecule has 17 heteroatoms. The number of anilines is 1. The lowest BCUT2D eigenvalue weighted by atomic mass is 9.64. The van der Waals surface area contributed by atoms with E-state index in [0.717, 1.165) is 35.8 Å². The SMILES string of the molecule is CCCCCCC(C#N)Cc1cccc2c1C(=O)N(O[C@@H]1[C@H](O)[C@@H](C(OP(N)O)C(c3ccccc3)(c3ccc(OC)cc3)c3ccc(OC)cc3)O[C@H]1n1ccc(NCc3ccccc3)nc1=O)C2=O. The molecule has 5 aromatic carbocycles. The molecule has 7 atom stereocenters. The highest BCUT2D eigenvalue weighted by Crippen LogP contribution is 2.51. The Morgan fingerprint density at radius 2 is 1.46 bits per heavy atom. The normalized spacial score (nSPS) is 18.9. The fourth-order valence-electron chi connectivity index (χ4n) is 9.68. The second-order valence-corrected chi connectivity index (χ2v) is 18.3. The molecule has 1 saturated heterocycles. The lowest BCUT2D eigenvalue weighted by Crippen LogP contribution is -2.54. The van der Waals surface area contributed by atoms with Crippen molar-refractivity contribution in [3.8, 4) is 17.6 Å². The van der Waals surface area contributed by atoms with E-state index in [0.29, 0.717) is 51.8 Å². The van der Waals surface area contributed by atoms with Crippen molar-refractivity contribution in [1.82, 2.24) is 14.6 Å². The summed E-state index contributed by atoms with van der Waals surface area (Å²) in [4.78, 5) is 65.2. The largest absolute Gasteiger partial charge is 0.497 e. The summed E-state index contributed by atoms with van der Waals surface area (Å²) in [5, 5.41) is 26.8. The van der Waals surface area contributed by atoms with Crippen molar-refractivity contribution in [2.24, 2.45) is 11.4 Å². The molecule has 2 amide bonds. The van der Waals surface area contributed by atoms with Crippen LogP contribution >= 0.6 is 8.53 Å². The molecule has 1 fully saturated rings. The second-order valence-electron chi connectivity index (χ2n) is 17.5. The van der Waals surface area contributed by atoms with E-state index < -0.39 is 68.0 Å². The highest BCUT2D eigenvalue weighted by molar-refractivity contribution is 7.43. The minimum atomic E-state index is -2.74. The molecule has 0 bridgehead atoms. The Labute approximate surface area is 413 Å². The van der Waals surface area contributed by atoms with Crippen LogP contribution < -0.4 is 26.0 Å². The molecule has 2 aliphatic heterocycles. The maximum Gasteiger partial charge on any atom is 0.351 e. The van der Waals surface area contributed by atoms with Gasteiger partial charge in [-0.2, -0.15) is 10.2 Å². The summed E-state index contributed by atoms with van der Waals surface area (Å²) in [6.45, 7) is 2.47. The second kappa shape index (κ2) is 23.0. The Hall–Kier alpha value is -6.80. The number of hydroxylamine groups is 2. The molecule has 71 heavy (non-hydrogen) atoms. The van der Waals surface area contributed by atoms with Gasteiger partial charge < -0.3 is 34.1 Å². The van der Waals surface area contributed by atoms with E-state index in [9.17, 15) is 29.6 Å². The van der Waals surface area contributed by atoms with Gasteiger partial charge in [0.2, 0.25) is 0 Å². The van der Waals surface area contributed by atoms with E-state index in [1.807, 2.05) is 84.9 Å². The summed E-state index contributed by atoms with van der Waals surface area (Å²) in [6, 6.07) is 41.9. The van der Waals surface area contributed by atoms with E-state index in [-0.39, 0.29) is 23.4 Å². The zero-order valence-electron chi connectivity index (χ0n) is 39.7. The molecule has 3 unspecified atom stereocenters. The summed E-state index contributed by atoms with van der Waals surface area (Å²) in [5.41, 5.74) is 7.31. The summed E-state index contributed by atoms with van der Waals surface area (Å²) in [6.07, 6.45) is -1.91. The molecule has 3 heterocycles. The van der Waals surface area contributed by atoms with E-state index in [1.165, 1.54) is 12.3 Å². The molecule has 0 spiro atoms. The number of nitrogens with one attached hydrogen (secondary N) is 1.